The van der Waals surface area contributed by atoms with Gasteiger partial charge in [-0.15, -0.1) is 0 Å². The number of hydrogen-bond donors (Lipinski definition) is 5. The number of unbranched alkanes of at least 4 members (excludes halogenated alkanes) is 1. The van der Waals surface area contributed by atoms with Crippen molar-refractivity contribution in [2.45, 2.75) is 357 Å². The van der Waals surface area contributed by atoms with Gasteiger partial charge in [-0.05, 0) is 196 Å². The van der Waals surface area contributed by atoms with Crippen LogP contribution in [-0.4, -0.2) is 209 Å². The SMILES string of the molecule is CC(C)(C)CCCCC(=O)N1CCN(C(C)(C)C)CC1.CC(C)(C)COc1ccc(N2CC(N)C2)nc1.CC(C)(C)NC1CC(Oc2ccnc(C(C)(C)C)c2)C1.CC(C)(C)NN1CCN(CCOC(C)(C)C)CC1.CC(C)(C)c1ccc(N2CC(N)C2)nc1.CC(C)(C)c1ccnc(N2CC(N)C2)c1.CC(C)C.CC(C)C.CC(C)C. The predicted molar refractivity (Wildman–Crippen MR) is 503 cm³/mol. The molecule has 0 radical (unpaired) electrons. The van der Waals surface area contributed by atoms with Crippen molar-refractivity contribution < 1.29 is 19.0 Å². The molecular formula is C97H182N16O4. The topological polar surface area (TPSA) is 221 Å². The smallest absolute Gasteiger partial charge is 0.222 e. The quantitative estimate of drug-likeness (QED) is 0.0658. The first kappa shape index (κ1) is 108. The summed E-state index contributed by atoms with van der Waals surface area (Å²) in [7, 11) is 0. The Morgan fingerprint density at radius 3 is 1.35 bits per heavy atom. The van der Waals surface area contributed by atoms with Crippen molar-refractivity contribution in [1.29, 1.82) is 0 Å². The van der Waals surface area contributed by atoms with Gasteiger partial charge in [0.2, 0.25) is 5.91 Å². The summed E-state index contributed by atoms with van der Waals surface area (Å²) >= 11 is 0. The van der Waals surface area contributed by atoms with E-state index in [1.54, 1.807) is 6.20 Å². The second kappa shape index (κ2) is 49.1. The monoisotopic (exact) mass is 1640 g/mol. The summed E-state index contributed by atoms with van der Waals surface area (Å²) in [5.74, 6) is 7.72. The number of amides is 1. The lowest BCUT2D eigenvalue weighted by Gasteiger charge is -2.42. The second-order valence-electron chi connectivity index (χ2n) is 45.1. The van der Waals surface area contributed by atoms with Crippen molar-refractivity contribution in [3.05, 3.63) is 90.1 Å². The minimum atomic E-state index is -0.0182. The van der Waals surface area contributed by atoms with Crippen LogP contribution in [0.15, 0.2) is 73.3 Å². The molecule has 1 aliphatic carbocycles. The van der Waals surface area contributed by atoms with Crippen LogP contribution >= 0.6 is 0 Å². The van der Waals surface area contributed by atoms with E-state index in [0.29, 0.717) is 48.2 Å². The number of rotatable bonds is 16. The van der Waals surface area contributed by atoms with Crippen LogP contribution in [0.2, 0.25) is 0 Å². The molecule has 117 heavy (non-hydrogen) atoms. The van der Waals surface area contributed by atoms with Crippen LogP contribution in [0, 0.1) is 28.6 Å². The first-order chi connectivity index (χ1) is 53.4. The lowest BCUT2D eigenvalue weighted by Crippen LogP contribution is -2.57. The number of hydrogen-bond acceptors (Lipinski definition) is 19. The van der Waals surface area contributed by atoms with Crippen LogP contribution in [0.5, 0.6) is 11.5 Å². The molecule has 0 unspecified atom stereocenters. The van der Waals surface area contributed by atoms with Gasteiger partial charge in [0.25, 0.3) is 0 Å². The first-order valence-electron chi connectivity index (χ1n) is 44.8. The molecule has 0 aromatic carbocycles. The van der Waals surface area contributed by atoms with Crippen molar-refractivity contribution in [2.75, 3.05) is 126 Å². The van der Waals surface area contributed by atoms with E-state index >= 15 is 0 Å². The van der Waals surface area contributed by atoms with E-state index in [0.717, 1.165) is 189 Å². The van der Waals surface area contributed by atoms with Crippen molar-refractivity contribution in [1.82, 2.24) is 50.4 Å². The largest absolute Gasteiger partial charge is 0.491 e. The Labute approximate surface area is 719 Å². The molecule has 0 atom stereocenters. The molecule has 9 heterocycles. The molecule has 0 bridgehead atoms. The highest BCUT2D eigenvalue weighted by Crippen LogP contribution is 2.32. The zero-order valence-corrected chi connectivity index (χ0v) is 82.1. The number of piperazine rings is 2. The highest BCUT2D eigenvalue weighted by Gasteiger charge is 2.35. The molecule has 4 aromatic heterocycles. The Kier molecular flexibility index (Phi) is 45.2. The van der Waals surface area contributed by atoms with Crippen LogP contribution in [0.3, 0.4) is 0 Å². The number of carbonyl (C=O) groups excluding carboxylic acids is 1. The molecule has 5 saturated heterocycles. The Hall–Kier alpha value is -5.29. The van der Waals surface area contributed by atoms with Crippen molar-refractivity contribution >= 4 is 23.4 Å². The Morgan fingerprint density at radius 2 is 0.957 bits per heavy atom. The number of carbonyl (C=O) groups is 1. The number of nitrogens with zero attached hydrogens (tertiary/aromatic N) is 11. The average molecular weight is 1640 g/mol. The van der Waals surface area contributed by atoms with Gasteiger partial charge in [0, 0.05) is 181 Å². The maximum atomic E-state index is 12.2. The third-order valence-corrected chi connectivity index (χ3v) is 18.8. The summed E-state index contributed by atoms with van der Waals surface area (Å²) in [6.07, 6.45) is 14.1. The second-order valence-corrected chi connectivity index (χ2v) is 45.1. The third kappa shape index (κ3) is 50.0. The Balaban J connectivity index is 0.000000463. The molecule has 10 rings (SSSR count). The van der Waals surface area contributed by atoms with Crippen LogP contribution in [0.25, 0.3) is 0 Å². The van der Waals surface area contributed by atoms with Gasteiger partial charge in [-0.3, -0.25) is 19.6 Å². The molecule has 1 saturated carbocycles. The molecule has 8 N–H and O–H groups in total. The van der Waals surface area contributed by atoms with Crippen LogP contribution in [0.4, 0.5) is 17.5 Å². The lowest BCUT2D eigenvalue weighted by molar-refractivity contribution is -0.133. The van der Waals surface area contributed by atoms with E-state index in [9.17, 15) is 4.79 Å². The fourth-order valence-electron chi connectivity index (χ4n) is 12.4. The van der Waals surface area contributed by atoms with Gasteiger partial charge < -0.3 is 56.3 Å². The summed E-state index contributed by atoms with van der Waals surface area (Å²) < 4.78 is 17.5. The molecule has 4 aromatic rings. The molecule has 6 fully saturated rings. The van der Waals surface area contributed by atoms with Gasteiger partial charge in [0.1, 0.15) is 35.1 Å². The number of ether oxygens (including phenoxy) is 3. The number of nitrogens with one attached hydrogen (secondary N) is 2. The first-order valence-corrected chi connectivity index (χ1v) is 44.8. The predicted octanol–water partition coefficient (Wildman–Crippen LogP) is 18.6. The van der Waals surface area contributed by atoms with Gasteiger partial charge in [-0.25, -0.2) is 25.4 Å². The summed E-state index contributed by atoms with van der Waals surface area (Å²) in [4.78, 5) is 43.4. The molecular weight excluding hydrogens is 1450 g/mol. The van der Waals surface area contributed by atoms with Gasteiger partial charge >= 0.3 is 0 Å². The highest BCUT2D eigenvalue weighted by atomic mass is 16.5. The molecule has 1 amide bonds. The zero-order valence-electron chi connectivity index (χ0n) is 82.1. The molecule has 6 aliphatic rings. The molecule has 20 nitrogen and oxygen atoms in total. The molecule has 674 valence electrons. The minimum Gasteiger partial charge on any atom is -0.491 e. The van der Waals surface area contributed by atoms with E-state index in [2.05, 4.69) is 345 Å². The van der Waals surface area contributed by atoms with Crippen molar-refractivity contribution in [3.8, 4) is 11.5 Å². The van der Waals surface area contributed by atoms with Crippen molar-refractivity contribution in [2.24, 2.45) is 45.8 Å². The number of nitrogens with two attached hydrogens (primary N) is 3. The van der Waals surface area contributed by atoms with E-state index in [1.807, 2.05) is 36.8 Å². The molecule has 5 aliphatic heterocycles. The minimum absolute atomic E-state index is 0.0182. The van der Waals surface area contributed by atoms with Crippen molar-refractivity contribution in [3.63, 3.8) is 0 Å². The van der Waals surface area contributed by atoms with Gasteiger partial charge in [0.05, 0.1) is 25.0 Å². The number of anilines is 3. The highest BCUT2D eigenvalue weighted by molar-refractivity contribution is 5.76. The number of pyridine rings is 4. The standard InChI is InChI=1S/C17H28N2O.C17H34N2O.C14H31N3O.C13H21N3O.2C12H19N3.3C4H10/c1-16(2,3)15-11-13(7-8-18-15)20-14-9-12(10-14)19-17(4,5)6;1-16(2,3)10-8-7-9-15(20)18-11-13-19(14-12-18)17(4,5)6;1-13(2,3)15-17-9-7-16(8-10-17)11-12-18-14(4,5)6;1-13(2,3)9-17-11-4-5-12(15-6-11)16-7-10(14)8-16;1-12(2,3)9-4-5-14-11(6-9)15-7-10(13)8-15;1-12(2,3)9-4-5-11(14-6-9)15-7-10(13)8-15;3*1-4(2)3/h7-8,11-12,14,19H,9-10H2,1-6H3;7-14H2,1-6H3;15H,7-12H2,1-6H3;4-6,10H,7-9,14H2,1-3H3;2*4-6,10H,7-8,13H2,1-3H3;3*4H,1-3H3. The van der Waals surface area contributed by atoms with Gasteiger partial charge in [-0.1, -0.05) is 179 Å². The zero-order chi connectivity index (χ0) is 89.5. The summed E-state index contributed by atoms with van der Waals surface area (Å²) in [6.45, 7) is 95.1. The van der Waals surface area contributed by atoms with Crippen LogP contribution < -0.4 is 52.1 Å². The number of aromatic nitrogens is 4. The number of hydrazine groups is 1. The van der Waals surface area contributed by atoms with Crippen LogP contribution in [0.1, 0.15) is 305 Å². The van der Waals surface area contributed by atoms with Gasteiger partial charge in [0.15, 0.2) is 0 Å². The normalized spacial score (nSPS) is 18.2. The lowest BCUT2D eigenvalue weighted by atomic mass is 9.87. The van der Waals surface area contributed by atoms with E-state index in [1.165, 1.54) is 17.5 Å². The summed E-state index contributed by atoms with van der Waals surface area (Å²) in [6, 6.07) is 18.0. The fourth-order valence-corrected chi connectivity index (χ4v) is 12.4. The molecule has 0 spiro atoms. The van der Waals surface area contributed by atoms with Crippen LogP contribution in [-0.2, 0) is 25.8 Å². The third-order valence-electron chi connectivity index (χ3n) is 18.8. The summed E-state index contributed by atoms with van der Waals surface area (Å²) in [5, 5.41) is 5.95. The Morgan fingerprint density at radius 1 is 0.487 bits per heavy atom. The Bertz CT molecular complexity index is 3260. The maximum absolute atomic E-state index is 12.2. The average Bonchev–Trinajstić information content (AvgIpc) is 0.831. The fraction of sp³-hybridized carbons (Fsp3) is 0.784. The molecule has 20 heteroatoms. The van der Waals surface area contributed by atoms with E-state index in [4.69, 9.17) is 31.4 Å². The maximum Gasteiger partial charge on any atom is 0.222 e. The van der Waals surface area contributed by atoms with E-state index < -0.39 is 0 Å². The summed E-state index contributed by atoms with van der Waals surface area (Å²) in [5.41, 5.74) is 26.0. The van der Waals surface area contributed by atoms with E-state index in [-0.39, 0.29) is 43.9 Å². The van der Waals surface area contributed by atoms with Gasteiger partial charge in [-0.2, -0.15) is 0 Å².